The molecule has 0 bridgehead atoms. The fourth-order valence-electron chi connectivity index (χ4n) is 3.56. The summed E-state index contributed by atoms with van der Waals surface area (Å²) in [4.78, 5) is 13.5. The zero-order chi connectivity index (χ0) is 18.1. The highest BCUT2D eigenvalue weighted by Gasteiger charge is 2.33. The van der Waals surface area contributed by atoms with Crippen molar-refractivity contribution in [1.82, 2.24) is 0 Å². The van der Waals surface area contributed by atoms with Gasteiger partial charge in [0.1, 0.15) is 0 Å². The second-order valence-electron chi connectivity index (χ2n) is 6.29. The van der Waals surface area contributed by atoms with Gasteiger partial charge in [-0.3, -0.25) is 4.79 Å². The predicted octanol–water partition coefficient (Wildman–Crippen LogP) is 6.42. The maximum absolute atomic E-state index is 13.5. The highest BCUT2D eigenvalue weighted by Crippen LogP contribution is 2.46. The molecule has 0 aliphatic heterocycles. The van der Waals surface area contributed by atoms with Gasteiger partial charge in [-0.15, -0.1) is 0 Å². The van der Waals surface area contributed by atoms with Gasteiger partial charge >= 0.3 is 0 Å². The van der Waals surface area contributed by atoms with Crippen LogP contribution in [0.3, 0.4) is 0 Å². The van der Waals surface area contributed by atoms with E-state index in [0.717, 1.165) is 43.5 Å². The minimum atomic E-state index is 0.0828. The van der Waals surface area contributed by atoms with Crippen LogP contribution in [0.25, 0.3) is 16.7 Å². The van der Waals surface area contributed by atoms with Crippen LogP contribution in [0.15, 0.2) is 95.0 Å². The summed E-state index contributed by atoms with van der Waals surface area (Å²) in [5.74, 6) is 0.0828. The first-order valence-electron chi connectivity index (χ1n) is 8.54. The van der Waals surface area contributed by atoms with E-state index in [9.17, 15) is 4.79 Å². The van der Waals surface area contributed by atoms with Crippen LogP contribution < -0.4 is 0 Å². The Hall–Kier alpha value is -2.71. The van der Waals surface area contributed by atoms with Crippen molar-refractivity contribution >= 4 is 38.4 Å². The Bertz CT molecular complexity index is 1040. The quantitative estimate of drug-likeness (QED) is 0.495. The van der Waals surface area contributed by atoms with E-state index in [1.807, 2.05) is 79.7 Å². The summed E-state index contributed by atoms with van der Waals surface area (Å²) in [6.07, 6.45) is 0. The van der Waals surface area contributed by atoms with Crippen molar-refractivity contribution in [2.24, 2.45) is 0 Å². The van der Waals surface area contributed by atoms with Gasteiger partial charge in [-0.05, 0) is 35.3 Å². The number of hydrogen-bond acceptors (Lipinski definition) is 1. The van der Waals surface area contributed by atoms with Crippen LogP contribution in [0, 0.1) is 0 Å². The van der Waals surface area contributed by atoms with E-state index in [1.54, 1.807) is 0 Å². The molecule has 0 amide bonds. The first-order valence-corrected chi connectivity index (χ1v) is 9.33. The molecule has 3 aromatic rings. The smallest absolute Gasteiger partial charge is 0.195 e. The molecule has 0 radical (unpaired) electrons. The number of carbonyl (C=O) groups is 1. The number of carbonyl (C=O) groups excluding carboxylic acids is 1. The van der Waals surface area contributed by atoms with Crippen molar-refractivity contribution in [3.63, 3.8) is 0 Å². The molecule has 1 nitrogen and oxygen atoms in total. The van der Waals surface area contributed by atoms with Crippen molar-refractivity contribution in [2.75, 3.05) is 0 Å². The van der Waals surface area contributed by atoms with Gasteiger partial charge in [0.15, 0.2) is 5.78 Å². The molecule has 0 saturated heterocycles. The molecule has 126 valence electrons. The molecular formula is C24H17BrO. The maximum atomic E-state index is 13.5. The Balaban J connectivity index is 1.99. The van der Waals surface area contributed by atoms with Gasteiger partial charge in [0.2, 0.25) is 0 Å². The Morgan fingerprint density at radius 2 is 1.12 bits per heavy atom. The number of benzene rings is 3. The second-order valence-corrected chi connectivity index (χ2v) is 7.15. The molecular weight excluding hydrogens is 384 g/mol. The summed E-state index contributed by atoms with van der Waals surface area (Å²) >= 11 is 3.61. The molecule has 0 fully saturated rings. The van der Waals surface area contributed by atoms with E-state index in [4.69, 9.17) is 0 Å². The van der Waals surface area contributed by atoms with E-state index >= 15 is 0 Å². The summed E-state index contributed by atoms with van der Waals surface area (Å²) in [7, 11) is 0. The zero-order valence-electron chi connectivity index (χ0n) is 14.4. The fraction of sp³-hybridized carbons (Fsp3) is 0.0417. The number of hydrogen-bond donors (Lipinski definition) is 0. The van der Waals surface area contributed by atoms with E-state index in [2.05, 4.69) is 28.1 Å². The van der Waals surface area contributed by atoms with Gasteiger partial charge in [0.05, 0.1) is 0 Å². The third-order valence-corrected chi connectivity index (χ3v) is 5.41. The summed E-state index contributed by atoms with van der Waals surface area (Å²) in [6.45, 7) is 2.05. The molecule has 0 saturated carbocycles. The SMILES string of the molecule is CC1=C(c2ccccc2Br)C(=O)C(c2ccccc2)=C1c1ccccc1. The fourth-order valence-corrected chi connectivity index (χ4v) is 4.04. The number of Topliss-reactive ketones (excluding diaryl/α,β-unsaturated/α-hetero) is 1. The van der Waals surface area contributed by atoms with Gasteiger partial charge in [0, 0.05) is 21.2 Å². The molecule has 0 aromatic heterocycles. The third kappa shape index (κ3) is 2.77. The number of rotatable bonds is 3. The number of ketones is 1. The molecule has 3 aromatic carbocycles. The van der Waals surface area contributed by atoms with Crippen molar-refractivity contribution in [2.45, 2.75) is 6.92 Å². The lowest BCUT2D eigenvalue weighted by Crippen LogP contribution is -2.02. The molecule has 1 aliphatic carbocycles. The highest BCUT2D eigenvalue weighted by molar-refractivity contribution is 9.10. The summed E-state index contributed by atoms with van der Waals surface area (Å²) < 4.78 is 0.935. The zero-order valence-corrected chi connectivity index (χ0v) is 16.0. The largest absolute Gasteiger partial charge is 0.289 e. The Morgan fingerprint density at radius 3 is 1.69 bits per heavy atom. The standard InChI is InChI=1S/C24H17BrO/c1-16-21(17-10-4-2-5-11-17)23(18-12-6-3-7-13-18)24(26)22(16)19-14-8-9-15-20(19)25/h2-15H,1H3. The van der Waals surface area contributed by atoms with Crippen LogP contribution in [0.5, 0.6) is 0 Å². The van der Waals surface area contributed by atoms with Gasteiger partial charge in [-0.25, -0.2) is 0 Å². The highest BCUT2D eigenvalue weighted by atomic mass is 79.9. The summed E-state index contributed by atoms with van der Waals surface area (Å²) in [6, 6.07) is 28.0. The van der Waals surface area contributed by atoms with Crippen LogP contribution in [-0.2, 0) is 4.79 Å². The monoisotopic (exact) mass is 400 g/mol. The maximum Gasteiger partial charge on any atom is 0.195 e. The van der Waals surface area contributed by atoms with E-state index in [1.165, 1.54) is 0 Å². The minimum absolute atomic E-state index is 0.0828. The lowest BCUT2D eigenvalue weighted by molar-refractivity contribution is -0.108. The molecule has 2 heteroatoms. The lowest BCUT2D eigenvalue weighted by atomic mass is 9.94. The van der Waals surface area contributed by atoms with Gasteiger partial charge < -0.3 is 0 Å². The average Bonchev–Trinajstić information content (AvgIpc) is 2.94. The molecule has 1 aliphatic rings. The summed E-state index contributed by atoms with van der Waals surface area (Å²) in [5.41, 5.74) is 6.56. The van der Waals surface area contributed by atoms with Crippen molar-refractivity contribution in [3.05, 3.63) is 112 Å². The number of halogens is 1. The molecule has 0 spiro atoms. The molecule has 0 N–H and O–H groups in total. The van der Waals surface area contributed by atoms with Crippen LogP contribution in [0.1, 0.15) is 23.6 Å². The van der Waals surface area contributed by atoms with E-state index < -0.39 is 0 Å². The minimum Gasteiger partial charge on any atom is -0.289 e. The molecule has 0 atom stereocenters. The molecule has 0 unspecified atom stereocenters. The van der Waals surface area contributed by atoms with Gasteiger partial charge in [-0.2, -0.15) is 0 Å². The Morgan fingerprint density at radius 1 is 0.615 bits per heavy atom. The first-order chi connectivity index (χ1) is 12.7. The number of allylic oxidation sites excluding steroid dienone is 4. The Kier molecular flexibility index (Phi) is 4.44. The van der Waals surface area contributed by atoms with E-state index in [0.29, 0.717) is 0 Å². The van der Waals surface area contributed by atoms with Gasteiger partial charge in [0.25, 0.3) is 0 Å². The second kappa shape index (κ2) is 6.89. The average molecular weight is 401 g/mol. The van der Waals surface area contributed by atoms with Crippen LogP contribution in [-0.4, -0.2) is 5.78 Å². The normalized spacial score (nSPS) is 14.3. The predicted molar refractivity (Wildman–Crippen MR) is 111 cm³/mol. The third-order valence-electron chi connectivity index (χ3n) is 4.72. The Labute approximate surface area is 161 Å². The van der Waals surface area contributed by atoms with Gasteiger partial charge in [-0.1, -0.05) is 94.8 Å². The van der Waals surface area contributed by atoms with Crippen molar-refractivity contribution in [1.29, 1.82) is 0 Å². The van der Waals surface area contributed by atoms with E-state index in [-0.39, 0.29) is 5.78 Å². The molecule has 4 rings (SSSR count). The molecule has 0 heterocycles. The van der Waals surface area contributed by atoms with Crippen molar-refractivity contribution in [3.8, 4) is 0 Å². The van der Waals surface area contributed by atoms with Crippen LogP contribution >= 0.6 is 15.9 Å². The molecule has 26 heavy (non-hydrogen) atoms. The van der Waals surface area contributed by atoms with Crippen LogP contribution in [0.4, 0.5) is 0 Å². The lowest BCUT2D eigenvalue weighted by Gasteiger charge is -2.09. The van der Waals surface area contributed by atoms with Crippen molar-refractivity contribution < 1.29 is 4.79 Å². The van der Waals surface area contributed by atoms with Crippen LogP contribution in [0.2, 0.25) is 0 Å². The topological polar surface area (TPSA) is 17.1 Å². The summed E-state index contributed by atoms with van der Waals surface area (Å²) in [5, 5.41) is 0. The first kappa shape index (κ1) is 16.7.